The molecule has 2 atom stereocenters. The van der Waals surface area contributed by atoms with E-state index >= 15 is 0 Å². The molecule has 2 aliphatic rings. The Morgan fingerprint density at radius 1 is 0.778 bits per heavy atom. The Hall–Kier alpha value is -5.88. The average Bonchev–Trinajstić information content (AvgIpc) is 3.56. The van der Waals surface area contributed by atoms with Crippen LogP contribution in [0.15, 0.2) is 71.3 Å². The molecule has 0 radical (unpaired) electrons. The highest BCUT2D eigenvalue weighted by atomic mass is 32.2. The number of nitrogens with one attached hydrogen (secondary N) is 2. The topological polar surface area (TPSA) is 222 Å². The van der Waals surface area contributed by atoms with Crippen LogP contribution in [0.25, 0.3) is 32.9 Å². The van der Waals surface area contributed by atoms with E-state index in [4.69, 9.17) is 9.08 Å². The van der Waals surface area contributed by atoms with Crippen molar-refractivity contribution in [3.05, 3.63) is 105 Å². The SMILES string of the molecule is CS(=O)(=O)O.Cc1cc(-c2cc3c4c(cccc4c2)C(=O)N(C(C)CNCCNCC(C)N2C(=O)c4cccc5cc([N+](=O)[O-])cc(c45)C2=O)C3=O)on1. The standard InChI is InChI=1S/C36H32N6O7.CH4O3S/c1-19-12-30(49-39-19)24-13-22-6-4-8-26-31(22)28(15-24)35(45)40(33(26)43)20(2)17-37-10-11-38-18-21(3)41-34(44)27-9-5-7-23-14-25(42(47)48)16-29(32(23)27)36(41)46;1-5(2,3)4/h4-9,12-16,20-21,37-38H,10-11,17-18H2,1-3H3;1H3,(H,2,3,4). The molecule has 54 heavy (non-hydrogen) atoms. The van der Waals surface area contributed by atoms with Gasteiger partial charge in [-0.05, 0) is 55.8 Å². The fourth-order valence-electron chi connectivity index (χ4n) is 6.77. The van der Waals surface area contributed by atoms with Gasteiger partial charge in [-0.3, -0.25) is 43.6 Å². The van der Waals surface area contributed by atoms with Gasteiger partial charge in [-0.1, -0.05) is 29.4 Å². The monoisotopic (exact) mass is 756 g/mol. The molecule has 5 aromatic rings. The summed E-state index contributed by atoms with van der Waals surface area (Å²) in [6.07, 6.45) is 0.715. The van der Waals surface area contributed by atoms with Crippen LogP contribution in [0.2, 0.25) is 0 Å². The third-order valence-corrected chi connectivity index (χ3v) is 9.10. The molecule has 0 bridgehead atoms. The second kappa shape index (κ2) is 14.9. The molecule has 3 heterocycles. The first-order valence-electron chi connectivity index (χ1n) is 16.9. The van der Waals surface area contributed by atoms with Crippen molar-refractivity contribution in [2.75, 3.05) is 32.4 Å². The minimum atomic E-state index is -3.67. The highest BCUT2D eigenvalue weighted by molar-refractivity contribution is 7.85. The van der Waals surface area contributed by atoms with Gasteiger partial charge in [-0.25, -0.2) is 0 Å². The van der Waals surface area contributed by atoms with Crippen molar-refractivity contribution in [1.82, 2.24) is 25.6 Å². The van der Waals surface area contributed by atoms with Gasteiger partial charge in [-0.2, -0.15) is 8.42 Å². The van der Waals surface area contributed by atoms with Crippen LogP contribution in [-0.4, -0.2) is 101 Å². The van der Waals surface area contributed by atoms with E-state index < -0.39 is 38.9 Å². The van der Waals surface area contributed by atoms with Crippen LogP contribution in [0.1, 0.15) is 61.0 Å². The average molecular weight is 757 g/mol. The Morgan fingerprint density at radius 3 is 1.70 bits per heavy atom. The lowest BCUT2D eigenvalue weighted by atomic mass is 9.91. The number of hydrogen-bond donors (Lipinski definition) is 3. The maximum absolute atomic E-state index is 13.8. The van der Waals surface area contributed by atoms with Crippen molar-refractivity contribution in [2.45, 2.75) is 32.9 Å². The fourth-order valence-corrected chi connectivity index (χ4v) is 6.77. The van der Waals surface area contributed by atoms with Crippen molar-refractivity contribution in [1.29, 1.82) is 0 Å². The second-order valence-corrected chi connectivity index (χ2v) is 14.7. The Labute approximate surface area is 309 Å². The van der Waals surface area contributed by atoms with E-state index in [0.29, 0.717) is 70.1 Å². The Kier molecular flexibility index (Phi) is 10.4. The maximum Gasteiger partial charge on any atom is 0.270 e. The fraction of sp³-hybridized carbons (Fsp3) is 0.270. The number of amides is 4. The molecule has 4 amide bonds. The summed E-state index contributed by atoms with van der Waals surface area (Å²) in [5.74, 6) is -1.23. The van der Waals surface area contributed by atoms with E-state index in [1.54, 1.807) is 49.4 Å². The Morgan fingerprint density at radius 2 is 1.24 bits per heavy atom. The zero-order valence-electron chi connectivity index (χ0n) is 29.7. The second-order valence-electron chi connectivity index (χ2n) is 13.2. The van der Waals surface area contributed by atoms with Crippen LogP contribution in [0.3, 0.4) is 0 Å². The summed E-state index contributed by atoms with van der Waals surface area (Å²) in [5.41, 5.74) is 2.55. The number of aromatic nitrogens is 1. The van der Waals surface area contributed by atoms with Crippen LogP contribution in [0.5, 0.6) is 0 Å². The van der Waals surface area contributed by atoms with Crippen LogP contribution < -0.4 is 10.6 Å². The molecule has 16 nitrogen and oxygen atoms in total. The zero-order chi connectivity index (χ0) is 39.1. The third kappa shape index (κ3) is 7.47. The normalized spacial score (nSPS) is 15.1. The highest BCUT2D eigenvalue weighted by Gasteiger charge is 2.38. The number of nitrogens with zero attached hydrogens (tertiary/aromatic N) is 4. The molecule has 0 saturated carbocycles. The number of carbonyl (C=O) groups excluding carboxylic acids is 4. The number of imide groups is 2. The largest absolute Gasteiger partial charge is 0.356 e. The van der Waals surface area contributed by atoms with Gasteiger partial charge in [0.1, 0.15) is 0 Å². The van der Waals surface area contributed by atoms with E-state index in [1.165, 1.54) is 17.0 Å². The van der Waals surface area contributed by atoms with Gasteiger partial charge < -0.3 is 15.2 Å². The number of nitro benzene ring substituents is 1. The first kappa shape index (κ1) is 37.9. The Balaban J connectivity index is 0.000000934. The molecule has 1 aromatic heterocycles. The maximum atomic E-state index is 13.8. The third-order valence-electron chi connectivity index (χ3n) is 9.10. The van der Waals surface area contributed by atoms with Crippen molar-refractivity contribution < 1.29 is 41.6 Å². The molecule has 0 spiro atoms. The molecule has 0 aliphatic carbocycles. The quantitative estimate of drug-likeness (QED) is 0.0566. The van der Waals surface area contributed by atoms with E-state index in [9.17, 15) is 37.7 Å². The summed E-state index contributed by atoms with van der Waals surface area (Å²) in [6.45, 7) is 6.93. The molecule has 280 valence electrons. The predicted octanol–water partition coefficient (Wildman–Crippen LogP) is 4.22. The van der Waals surface area contributed by atoms with Crippen molar-refractivity contribution in [2.24, 2.45) is 0 Å². The van der Waals surface area contributed by atoms with Gasteiger partial charge in [0.25, 0.3) is 39.4 Å². The summed E-state index contributed by atoms with van der Waals surface area (Å²) in [6, 6.07) is 17.3. The van der Waals surface area contributed by atoms with Gasteiger partial charge in [0.15, 0.2) is 5.76 Å². The summed E-state index contributed by atoms with van der Waals surface area (Å²) in [7, 11) is -3.67. The number of nitro groups is 1. The summed E-state index contributed by atoms with van der Waals surface area (Å²) >= 11 is 0. The molecule has 17 heteroatoms. The van der Waals surface area contributed by atoms with Gasteiger partial charge in [0.2, 0.25) is 0 Å². The molecule has 2 aliphatic heterocycles. The van der Waals surface area contributed by atoms with Crippen LogP contribution >= 0.6 is 0 Å². The Bertz CT molecular complexity index is 2470. The lowest BCUT2D eigenvalue weighted by Crippen LogP contribution is -2.51. The van der Waals surface area contributed by atoms with Crippen LogP contribution in [0, 0.1) is 17.0 Å². The zero-order valence-corrected chi connectivity index (χ0v) is 30.5. The van der Waals surface area contributed by atoms with Crippen molar-refractivity contribution >= 4 is 61.0 Å². The van der Waals surface area contributed by atoms with Crippen molar-refractivity contribution in [3.63, 3.8) is 0 Å². The lowest BCUT2D eigenvalue weighted by Gasteiger charge is -2.32. The number of non-ortho nitro benzene ring substituents is 1. The molecule has 7 rings (SSSR count). The van der Waals surface area contributed by atoms with Gasteiger partial charge >= 0.3 is 0 Å². The molecule has 0 saturated heterocycles. The van der Waals surface area contributed by atoms with Crippen molar-refractivity contribution in [3.8, 4) is 11.3 Å². The minimum absolute atomic E-state index is 0.131. The predicted molar refractivity (Wildman–Crippen MR) is 198 cm³/mol. The van der Waals surface area contributed by atoms with E-state index in [2.05, 4.69) is 15.8 Å². The molecule has 0 fully saturated rings. The van der Waals surface area contributed by atoms with E-state index in [0.717, 1.165) is 16.0 Å². The molecule has 2 unspecified atom stereocenters. The molecular weight excluding hydrogens is 721 g/mol. The first-order valence-corrected chi connectivity index (χ1v) is 18.7. The van der Waals surface area contributed by atoms with Gasteiger partial charge in [-0.15, -0.1) is 0 Å². The number of carbonyl (C=O) groups is 4. The smallest absolute Gasteiger partial charge is 0.270 e. The summed E-state index contributed by atoms with van der Waals surface area (Å²) < 4.78 is 31.3. The number of benzene rings is 4. The summed E-state index contributed by atoms with van der Waals surface area (Å²) in [5, 5.41) is 24.3. The first-order chi connectivity index (χ1) is 25.5. The van der Waals surface area contributed by atoms with E-state index in [-0.39, 0.29) is 29.6 Å². The molecule has 3 N–H and O–H groups in total. The van der Waals surface area contributed by atoms with Crippen LogP contribution in [-0.2, 0) is 10.1 Å². The molecular formula is C37H36N6O10S. The van der Waals surface area contributed by atoms with Crippen LogP contribution in [0.4, 0.5) is 5.69 Å². The van der Waals surface area contributed by atoms with E-state index in [1.807, 2.05) is 26.0 Å². The summed E-state index contributed by atoms with van der Waals surface area (Å²) in [4.78, 5) is 67.5. The molecule has 4 aromatic carbocycles. The minimum Gasteiger partial charge on any atom is -0.356 e. The number of aryl methyl sites for hydroxylation is 1. The lowest BCUT2D eigenvalue weighted by molar-refractivity contribution is -0.384. The highest BCUT2D eigenvalue weighted by Crippen LogP contribution is 2.36. The number of rotatable bonds is 11. The number of hydrogen-bond acceptors (Lipinski definition) is 12. The van der Waals surface area contributed by atoms with Gasteiger partial charge in [0, 0.05) is 89.5 Å². The van der Waals surface area contributed by atoms with Gasteiger partial charge in [0.05, 0.1) is 22.4 Å².